The third-order valence-corrected chi connectivity index (χ3v) is 3.63. The molecule has 2 N–H and O–H groups in total. The van der Waals surface area contributed by atoms with E-state index in [1.807, 2.05) is 42.5 Å². The summed E-state index contributed by atoms with van der Waals surface area (Å²) in [4.78, 5) is 4.36. The Labute approximate surface area is 146 Å². The van der Waals surface area contributed by atoms with Crippen molar-refractivity contribution in [1.82, 2.24) is 15.5 Å². The molecule has 0 aliphatic rings. The van der Waals surface area contributed by atoms with Gasteiger partial charge in [0.1, 0.15) is 0 Å². The van der Waals surface area contributed by atoms with Crippen LogP contribution in [0.25, 0.3) is 11.4 Å². The van der Waals surface area contributed by atoms with Crippen molar-refractivity contribution in [1.29, 1.82) is 0 Å². The van der Waals surface area contributed by atoms with Crippen molar-refractivity contribution < 1.29 is 4.52 Å². The van der Waals surface area contributed by atoms with E-state index in [0.29, 0.717) is 23.4 Å². The van der Waals surface area contributed by atoms with Crippen LogP contribution in [-0.4, -0.2) is 15.3 Å². The van der Waals surface area contributed by atoms with Crippen LogP contribution in [0.5, 0.6) is 0 Å². The highest BCUT2D eigenvalue weighted by Gasteiger charge is 2.08. The number of rotatable bonds is 4. The van der Waals surface area contributed by atoms with Crippen molar-refractivity contribution in [2.75, 3.05) is 5.32 Å². The molecule has 0 fully saturated rings. The third kappa shape index (κ3) is 4.17. The molecule has 2 aromatic carbocycles. The van der Waals surface area contributed by atoms with Gasteiger partial charge in [-0.15, -0.1) is 0 Å². The van der Waals surface area contributed by atoms with Gasteiger partial charge in [0.15, 0.2) is 5.11 Å². The molecule has 1 aromatic heterocycles. The van der Waals surface area contributed by atoms with Crippen LogP contribution in [0.1, 0.15) is 17.0 Å². The molecule has 0 unspecified atom stereocenters. The molecule has 0 saturated heterocycles. The van der Waals surface area contributed by atoms with E-state index in [1.165, 1.54) is 11.1 Å². The second-order valence-electron chi connectivity index (χ2n) is 5.56. The molecular formula is C18H18N4OS. The predicted molar refractivity (Wildman–Crippen MR) is 98.7 cm³/mol. The first-order valence-electron chi connectivity index (χ1n) is 7.61. The molecule has 122 valence electrons. The summed E-state index contributed by atoms with van der Waals surface area (Å²) in [6.07, 6.45) is 0. The molecule has 0 amide bonds. The van der Waals surface area contributed by atoms with Gasteiger partial charge < -0.3 is 15.2 Å². The van der Waals surface area contributed by atoms with Gasteiger partial charge in [-0.3, -0.25) is 0 Å². The van der Waals surface area contributed by atoms with Gasteiger partial charge in [0.2, 0.25) is 11.7 Å². The van der Waals surface area contributed by atoms with Crippen molar-refractivity contribution in [3.05, 3.63) is 65.5 Å². The van der Waals surface area contributed by atoms with E-state index in [9.17, 15) is 0 Å². The number of benzene rings is 2. The van der Waals surface area contributed by atoms with Crippen molar-refractivity contribution >= 4 is 23.0 Å². The van der Waals surface area contributed by atoms with Gasteiger partial charge in [-0.2, -0.15) is 4.98 Å². The van der Waals surface area contributed by atoms with Crippen molar-refractivity contribution in [2.45, 2.75) is 20.4 Å². The molecule has 6 heteroatoms. The van der Waals surface area contributed by atoms with Crippen LogP contribution in [0, 0.1) is 13.8 Å². The molecule has 24 heavy (non-hydrogen) atoms. The molecule has 0 bridgehead atoms. The molecule has 0 radical (unpaired) electrons. The van der Waals surface area contributed by atoms with E-state index in [-0.39, 0.29) is 0 Å². The van der Waals surface area contributed by atoms with Gasteiger partial charge in [0.05, 0.1) is 6.54 Å². The summed E-state index contributed by atoms with van der Waals surface area (Å²) in [6.45, 7) is 4.48. The van der Waals surface area contributed by atoms with Gasteiger partial charge >= 0.3 is 0 Å². The Morgan fingerprint density at radius 3 is 2.50 bits per heavy atom. The SMILES string of the molecule is Cc1cc(C)cc(NC(=S)NCc2nc(-c3ccccc3)no2)c1. The van der Waals surface area contributed by atoms with Crippen LogP contribution in [0.15, 0.2) is 53.1 Å². The first-order chi connectivity index (χ1) is 11.6. The summed E-state index contributed by atoms with van der Waals surface area (Å²) >= 11 is 5.31. The normalized spacial score (nSPS) is 10.4. The molecule has 0 aliphatic heterocycles. The molecule has 1 heterocycles. The molecule has 3 rings (SSSR count). The lowest BCUT2D eigenvalue weighted by Gasteiger charge is -2.10. The fraction of sp³-hybridized carbons (Fsp3) is 0.167. The molecule has 0 aliphatic carbocycles. The maximum atomic E-state index is 5.31. The maximum Gasteiger partial charge on any atom is 0.246 e. The highest BCUT2D eigenvalue weighted by molar-refractivity contribution is 7.80. The van der Waals surface area contributed by atoms with E-state index >= 15 is 0 Å². The Morgan fingerprint density at radius 1 is 1.08 bits per heavy atom. The lowest BCUT2D eigenvalue weighted by atomic mass is 10.1. The summed E-state index contributed by atoms with van der Waals surface area (Å²) in [5, 5.41) is 10.7. The average molecular weight is 338 g/mol. The summed E-state index contributed by atoms with van der Waals surface area (Å²) in [7, 11) is 0. The van der Waals surface area contributed by atoms with E-state index < -0.39 is 0 Å². The average Bonchev–Trinajstić information content (AvgIpc) is 3.02. The lowest BCUT2D eigenvalue weighted by Crippen LogP contribution is -2.28. The van der Waals surface area contributed by atoms with Crippen LogP contribution < -0.4 is 10.6 Å². The number of nitrogens with one attached hydrogen (secondary N) is 2. The Kier molecular flexibility index (Phi) is 4.86. The second kappa shape index (κ2) is 7.23. The fourth-order valence-corrected chi connectivity index (χ4v) is 2.60. The monoisotopic (exact) mass is 338 g/mol. The van der Waals surface area contributed by atoms with Gasteiger partial charge in [-0.1, -0.05) is 41.6 Å². The fourth-order valence-electron chi connectivity index (χ4n) is 2.41. The van der Waals surface area contributed by atoms with E-state index in [4.69, 9.17) is 16.7 Å². The number of aromatic nitrogens is 2. The smallest absolute Gasteiger partial charge is 0.246 e. The molecular weight excluding hydrogens is 320 g/mol. The second-order valence-corrected chi connectivity index (χ2v) is 5.97. The van der Waals surface area contributed by atoms with Gasteiger partial charge in [0, 0.05) is 11.3 Å². The Hall–Kier alpha value is -2.73. The van der Waals surface area contributed by atoms with Crippen LogP contribution in [0.4, 0.5) is 5.69 Å². The van der Waals surface area contributed by atoms with Gasteiger partial charge in [-0.05, 0) is 49.3 Å². The predicted octanol–water partition coefficient (Wildman–Crippen LogP) is 3.84. The van der Waals surface area contributed by atoms with Crippen molar-refractivity contribution in [2.24, 2.45) is 0 Å². The summed E-state index contributed by atoms with van der Waals surface area (Å²) in [5.41, 5.74) is 4.25. The Morgan fingerprint density at radius 2 is 1.79 bits per heavy atom. The first kappa shape index (κ1) is 16.1. The quantitative estimate of drug-likeness (QED) is 0.705. The zero-order valence-electron chi connectivity index (χ0n) is 13.5. The number of nitrogens with zero attached hydrogens (tertiary/aromatic N) is 2. The standard InChI is InChI=1S/C18H18N4OS/c1-12-8-13(2)10-15(9-12)20-18(24)19-11-16-21-17(22-23-16)14-6-4-3-5-7-14/h3-10H,11H2,1-2H3,(H2,19,20,24). The maximum absolute atomic E-state index is 5.31. The number of hydrogen-bond donors (Lipinski definition) is 2. The topological polar surface area (TPSA) is 63.0 Å². The number of anilines is 1. The van der Waals surface area contributed by atoms with Gasteiger partial charge in [-0.25, -0.2) is 0 Å². The highest BCUT2D eigenvalue weighted by Crippen LogP contribution is 2.15. The summed E-state index contributed by atoms with van der Waals surface area (Å²) in [6, 6.07) is 15.9. The zero-order valence-corrected chi connectivity index (χ0v) is 14.4. The Bertz CT molecular complexity index is 825. The Balaban J connectivity index is 1.58. The molecule has 3 aromatic rings. The largest absolute Gasteiger partial charge is 0.353 e. The van der Waals surface area contributed by atoms with Gasteiger partial charge in [0.25, 0.3) is 0 Å². The zero-order chi connectivity index (χ0) is 16.9. The molecule has 5 nitrogen and oxygen atoms in total. The van der Waals surface area contributed by atoms with E-state index in [1.54, 1.807) is 0 Å². The number of hydrogen-bond acceptors (Lipinski definition) is 4. The third-order valence-electron chi connectivity index (χ3n) is 3.38. The molecule has 0 saturated carbocycles. The first-order valence-corrected chi connectivity index (χ1v) is 8.02. The molecule has 0 spiro atoms. The minimum atomic E-state index is 0.371. The summed E-state index contributed by atoms with van der Waals surface area (Å²) < 4.78 is 5.25. The number of thiocarbonyl (C=S) groups is 1. The minimum Gasteiger partial charge on any atom is -0.353 e. The number of aryl methyl sites for hydroxylation is 2. The van der Waals surface area contributed by atoms with Crippen LogP contribution in [-0.2, 0) is 6.54 Å². The van der Waals surface area contributed by atoms with Crippen molar-refractivity contribution in [3.8, 4) is 11.4 Å². The summed E-state index contributed by atoms with van der Waals surface area (Å²) in [5.74, 6) is 1.05. The van der Waals surface area contributed by atoms with Crippen LogP contribution in [0.2, 0.25) is 0 Å². The van der Waals surface area contributed by atoms with Crippen molar-refractivity contribution in [3.63, 3.8) is 0 Å². The lowest BCUT2D eigenvalue weighted by molar-refractivity contribution is 0.376. The molecule has 0 atom stereocenters. The van der Waals surface area contributed by atoms with E-state index in [0.717, 1.165) is 11.3 Å². The van der Waals surface area contributed by atoms with Crippen LogP contribution in [0.3, 0.4) is 0 Å². The highest BCUT2D eigenvalue weighted by atomic mass is 32.1. The van der Waals surface area contributed by atoms with Crippen LogP contribution >= 0.6 is 12.2 Å². The van der Waals surface area contributed by atoms with E-state index in [2.05, 4.69) is 40.7 Å². The minimum absolute atomic E-state index is 0.371.